The van der Waals surface area contributed by atoms with E-state index in [9.17, 15) is 4.79 Å². The van der Waals surface area contributed by atoms with E-state index in [2.05, 4.69) is 22.3 Å². The van der Waals surface area contributed by atoms with Gasteiger partial charge in [0.15, 0.2) is 11.5 Å². The van der Waals surface area contributed by atoms with Crippen LogP contribution in [0.1, 0.15) is 11.6 Å². The summed E-state index contributed by atoms with van der Waals surface area (Å²) in [6.45, 7) is 4.94. The lowest BCUT2D eigenvalue weighted by Crippen LogP contribution is -2.44. The van der Waals surface area contributed by atoms with Gasteiger partial charge in [-0.25, -0.2) is 0 Å². The molecule has 7 heteroatoms. The number of nitrogens with zero attached hydrogens (tertiary/aromatic N) is 1. The van der Waals surface area contributed by atoms with Gasteiger partial charge in [0, 0.05) is 24.5 Å². The maximum Gasteiger partial charge on any atom is 0.230 e. The van der Waals surface area contributed by atoms with E-state index < -0.39 is 0 Å². The zero-order valence-electron chi connectivity index (χ0n) is 16.3. The molecule has 4 rings (SSSR count). The van der Waals surface area contributed by atoms with Crippen LogP contribution in [-0.4, -0.2) is 62.6 Å². The normalized spacial score (nSPS) is 17.5. The number of amides is 1. The topological polar surface area (TPSA) is 60.0 Å². The fourth-order valence-electron chi connectivity index (χ4n) is 3.55. The molecular formula is C22H26N2O4S. The minimum atomic E-state index is 0.0269. The molecule has 154 valence electrons. The van der Waals surface area contributed by atoms with E-state index in [0.717, 1.165) is 42.7 Å². The summed E-state index contributed by atoms with van der Waals surface area (Å²) in [6, 6.07) is 16.3. The van der Waals surface area contributed by atoms with Crippen molar-refractivity contribution < 1.29 is 19.0 Å². The van der Waals surface area contributed by atoms with Crippen LogP contribution in [0.5, 0.6) is 11.5 Å². The number of hydrogen-bond acceptors (Lipinski definition) is 6. The Bertz CT molecular complexity index is 812. The molecule has 0 radical (unpaired) electrons. The van der Waals surface area contributed by atoms with Crippen molar-refractivity contribution in [2.24, 2.45) is 0 Å². The van der Waals surface area contributed by atoms with Crippen LogP contribution in [0.25, 0.3) is 0 Å². The van der Waals surface area contributed by atoms with Gasteiger partial charge in [-0.05, 0) is 23.8 Å². The molecule has 0 aliphatic carbocycles. The molecule has 2 aliphatic rings. The fourth-order valence-corrected chi connectivity index (χ4v) is 4.30. The lowest BCUT2D eigenvalue weighted by Gasteiger charge is -2.35. The second-order valence-corrected chi connectivity index (χ2v) is 8.02. The molecule has 2 aliphatic heterocycles. The third-order valence-electron chi connectivity index (χ3n) is 5.05. The van der Waals surface area contributed by atoms with Crippen molar-refractivity contribution in [2.45, 2.75) is 10.9 Å². The number of rotatable bonds is 7. The standard InChI is InChI=1S/C22H26N2O4S/c25-22(16-29-18-6-7-20-21(14-18)28-13-12-27-20)23-15-19(17-4-2-1-3-5-17)24-8-10-26-11-9-24/h1-7,14,19H,8-13,15-16H2,(H,23,25)/t19-/m1/s1. The van der Waals surface area contributed by atoms with E-state index in [1.165, 1.54) is 17.3 Å². The highest BCUT2D eigenvalue weighted by atomic mass is 32.2. The highest BCUT2D eigenvalue weighted by Crippen LogP contribution is 2.34. The van der Waals surface area contributed by atoms with Gasteiger partial charge in [-0.2, -0.15) is 0 Å². The van der Waals surface area contributed by atoms with Crippen LogP contribution in [-0.2, 0) is 9.53 Å². The van der Waals surface area contributed by atoms with E-state index in [1.54, 1.807) is 0 Å². The molecule has 0 bridgehead atoms. The predicted molar refractivity (Wildman–Crippen MR) is 113 cm³/mol. The summed E-state index contributed by atoms with van der Waals surface area (Å²) < 4.78 is 16.6. The first-order valence-corrected chi connectivity index (χ1v) is 10.9. The Labute approximate surface area is 175 Å². The number of ether oxygens (including phenoxy) is 3. The molecule has 0 aromatic heterocycles. The zero-order chi connectivity index (χ0) is 19.9. The lowest BCUT2D eigenvalue weighted by atomic mass is 10.0. The Kier molecular flexibility index (Phi) is 6.92. The molecular weight excluding hydrogens is 388 g/mol. The van der Waals surface area contributed by atoms with Gasteiger partial charge in [-0.15, -0.1) is 11.8 Å². The summed E-state index contributed by atoms with van der Waals surface area (Å²) in [6.07, 6.45) is 0. The Balaban J connectivity index is 1.32. The number of fused-ring (bicyclic) bond motifs is 1. The van der Waals surface area contributed by atoms with Gasteiger partial charge in [0.25, 0.3) is 0 Å². The molecule has 1 fully saturated rings. The zero-order valence-corrected chi connectivity index (χ0v) is 17.2. The van der Waals surface area contributed by atoms with Gasteiger partial charge in [-0.1, -0.05) is 30.3 Å². The van der Waals surface area contributed by atoms with Crippen LogP contribution in [0.15, 0.2) is 53.4 Å². The lowest BCUT2D eigenvalue weighted by molar-refractivity contribution is -0.118. The van der Waals surface area contributed by atoms with Crippen LogP contribution in [0.3, 0.4) is 0 Å². The van der Waals surface area contributed by atoms with Crippen LogP contribution in [0, 0.1) is 0 Å². The van der Waals surface area contributed by atoms with Crippen molar-refractivity contribution in [3.8, 4) is 11.5 Å². The van der Waals surface area contributed by atoms with Gasteiger partial charge in [0.05, 0.1) is 25.0 Å². The number of benzene rings is 2. The van der Waals surface area contributed by atoms with Gasteiger partial charge < -0.3 is 19.5 Å². The smallest absolute Gasteiger partial charge is 0.230 e. The second-order valence-electron chi connectivity index (χ2n) is 6.97. The molecule has 29 heavy (non-hydrogen) atoms. The minimum absolute atomic E-state index is 0.0269. The summed E-state index contributed by atoms with van der Waals surface area (Å²) in [5, 5.41) is 3.11. The highest BCUT2D eigenvalue weighted by molar-refractivity contribution is 8.00. The first-order chi connectivity index (χ1) is 14.3. The molecule has 2 aromatic rings. The number of carbonyl (C=O) groups excluding carboxylic acids is 1. The molecule has 1 atom stereocenters. The highest BCUT2D eigenvalue weighted by Gasteiger charge is 2.23. The molecule has 1 N–H and O–H groups in total. The van der Waals surface area contributed by atoms with Crippen molar-refractivity contribution in [2.75, 3.05) is 51.8 Å². The number of nitrogens with one attached hydrogen (secondary N) is 1. The molecule has 6 nitrogen and oxygen atoms in total. The molecule has 1 saturated heterocycles. The van der Waals surface area contributed by atoms with Crippen molar-refractivity contribution in [1.29, 1.82) is 0 Å². The number of thioether (sulfide) groups is 1. The SMILES string of the molecule is O=C(CSc1ccc2c(c1)OCCO2)NC[C@H](c1ccccc1)N1CCOCC1. The number of carbonyl (C=O) groups is 1. The maximum atomic E-state index is 12.5. The summed E-state index contributed by atoms with van der Waals surface area (Å²) in [5.74, 6) is 1.91. The van der Waals surface area contributed by atoms with E-state index in [0.29, 0.717) is 25.5 Å². The van der Waals surface area contributed by atoms with Gasteiger partial charge in [-0.3, -0.25) is 9.69 Å². The van der Waals surface area contributed by atoms with Gasteiger partial charge in [0.2, 0.25) is 5.91 Å². The summed E-state index contributed by atoms with van der Waals surface area (Å²) in [5.41, 5.74) is 1.22. The van der Waals surface area contributed by atoms with Crippen molar-refractivity contribution in [1.82, 2.24) is 10.2 Å². The molecule has 0 saturated carbocycles. The average Bonchev–Trinajstić information content (AvgIpc) is 2.79. The second kappa shape index (κ2) is 10.0. The average molecular weight is 415 g/mol. The summed E-state index contributed by atoms with van der Waals surface area (Å²) >= 11 is 1.50. The first kappa shape index (κ1) is 20.1. The Morgan fingerprint density at radius 3 is 2.55 bits per heavy atom. The minimum Gasteiger partial charge on any atom is -0.486 e. The molecule has 2 aromatic carbocycles. The van der Waals surface area contributed by atoms with Crippen LogP contribution < -0.4 is 14.8 Å². The number of morpholine rings is 1. The Morgan fingerprint density at radius 1 is 1.00 bits per heavy atom. The van der Waals surface area contributed by atoms with Crippen molar-refractivity contribution in [3.63, 3.8) is 0 Å². The third-order valence-corrected chi connectivity index (χ3v) is 6.04. The summed E-state index contributed by atoms with van der Waals surface area (Å²) in [7, 11) is 0. The molecule has 2 heterocycles. The molecule has 0 spiro atoms. The van der Waals surface area contributed by atoms with Gasteiger partial charge >= 0.3 is 0 Å². The largest absolute Gasteiger partial charge is 0.486 e. The fraction of sp³-hybridized carbons (Fsp3) is 0.409. The molecule has 1 amide bonds. The van der Waals surface area contributed by atoms with E-state index in [-0.39, 0.29) is 11.9 Å². The molecule has 0 unspecified atom stereocenters. The first-order valence-electron chi connectivity index (χ1n) is 9.95. The number of hydrogen-bond donors (Lipinski definition) is 1. The van der Waals surface area contributed by atoms with E-state index in [1.807, 2.05) is 36.4 Å². The predicted octanol–water partition coefficient (Wildman–Crippen LogP) is 2.74. The van der Waals surface area contributed by atoms with Crippen molar-refractivity contribution in [3.05, 3.63) is 54.1 Å². The van der Waals surface area contributed by atoms with Crippen LogP contribution in [0.2, 0.25) is 0 Å². The Hall–Kier alpha value is -2.22. The quantitative estimate of drug-likeness (QED) is 0.703. The summed E-state index contributed by atoms with van der Waals surface area (Å²) in [4.78, 5) is 15.9. The Morgan fingerprint density at radius 2 is 1.76 bits per heavy atom. The van der Waals surface area contributed by atoms with E-state index >= 15 is 0 Å². The van der Waals surface area contributed by atoms with E-state index in [4.69, 9.17) is 14.2 Å². The monoisotopic (exact) mass is 414 g/mol. The van der Waals surface area contributed by atoms with Crippen LogP contribution in [0.4, 0.5) is 0 Å². The van der Waals surface area contributed by atoms with Crippen molar-refractivity contribution >= 4 is 17.7 Å². The third kappa shape index (κ3) is 5.44. The van der Waals surface area contributed by atoms with Crippen LogP contribution >= 0.6 is 11.8 Å². The van der Waals surface area contributed by atoms with Gasteiger partial charge in [0.1, 0.15) is 13.2 Å². The maximum absolute atomic E-state index is 12.5.